The molecule has 0 bridgehead atoms. The standard InChI is InChI=1S/C17H22N4O4/c1-13(22)14-4-5-15(16(12-14)21(24)25)18-8-10-20(11-9-18)17(23)19-6-2-3-7-19/h4-5,12H,2-3,6-11H2,1H3. The van der Waals surface area contributed by atoms with Crippen LogP contribution in [0.4, 0.5) is 16.2 Å². The van der Waals surface area contributed by atoms with Gasteiger partial charge in [0, 0.05) is 50.9 Å². The van der Waals surface area contributed by atoms with E-state index in [9.17, 15) is 19.7 Å². The smallest absolute Gasteiger partial charge is 0.320 e. The van der Waals surface area contributed by atoms with E-state index < -0.39 is 4.92 Å². The van der Waals surface area contributed by atoms with Gasteiger partial charge in [-0.3, -0.25) is 14.9 Å². The van der Waals surface area contributed by atoms with E-state index in [0.29, 0.717) is 37.4 Å². The van der Waals surface area contributed by atoms with Gasteiger partial charge in [0.1, 0.15) is 5.69 Å². The van der Waals surface area contributed by atoms with Gasteiger partial charge in [0.15, 0.2) is 5.78 Å². The summed E-state index contributed by atoms with van der Waals surface area (Å²) in [6.07, 6.45) is 2.11. The number of hydrogen-bond donors (Lipinski definition) is 0. The maximum Gasteiger partial charge on any atom is 0.320 e. The number of carbonyl (C=O) groups is 2. The van der Waals surface area contributed by atoms with Crippen molar-refractivity contribution in [1.29, 1.82) is 0 Å². The second kappa shape index (κ2) is 7.08. The predicted octanol–water partition coefficient (Wildman–Crippen LogP) is 2.14. The van der Waals surface area contributed by atoms with Crippen molar-refractivity contribution < 1.29 is 14.5 Å². The summed E-state index contributed by atoms with van der Waals surface area (Å²) < 4.78 is 0. The van der Waals surface area contributed by atoms with E-state index in [2.05, 4.69) is 0 Å². The van der Waals surface area contributed by atoms with Gasteiger partial charge in [-0.25, -0.2) is 4.79 Å². The van der Waals surface area contributed by atoms with Crippen molar-refractivity contribution in [2.45, 2.75) is 19.8 Å². The molecule has 3 rings (SSSR count). The van der Waals surface area contributed by atoms with Gasteiger partial charge in [-0.1, -0.05) is 0 Å². The molecule has 0 radical (unpaired) electrons. The minimum Gasteiger partial charge on any atom is -0.362 e. The summed E-state index contributed by atoms with van der Waals surface area (Å²) in [5, 5.41) is 11.4. The Morgan fingerprint density at radius 2 is 1.60 bits per heavy atom. The van der Waals surface area contributed by atoms with Gasteiger partial charge < -0.3 is 14.7 Å². The second-order valence-electron chi connectivity index (χ2n) is 6.47. The number of ketones is 1. The number of urea groups is 1. The third kappa shape index (κ3) is 3.57. The highest BCUT2D eigenvalue weighted by atomic mass is 16.6. The van der Waals surface area contributed by atoms with Crippen molar-refractivity contribution in [2.24, 2.45) is 0 Å². The molecule has 2 heterocycles. The summed E-state index contributed by atoms with van der Waals surface area (Å²) in [7, 11) is 0. The van der Waals surface area contributed by atoms with Crippen LogP contribution in [0.5, 0.6) is 0 Å². The molecule has 2 aliphatic heterocycles. The average Bonchev–Trinajstić information content (AvgIpc) is 3.15. The van der Waals surface area contributed by atoms with Crippen LogP contribution in [0.3, 0.4) is 0 Å². The van der Waals surface area contributed by atoms with E-state index in [4.69, 9.17) is 0 Å². The molecule has 2 amide bonds. The molecule has 0 saturated carbocycles. The van der Waals surface area contributed by atoms with E-state index in [-0.39, 0.29) is 17.5 Å². The lowest BCUT2D eigenvalue weighted by atomic mass is 10.1. The Balaban J connectivity index is 1.71. The summed E-state index contributed by atoms with van der Waals surface area (Å²) in [6, 6.07) is 4.65. The highest BCUT2D eigenvalue weighted by Gasteiger charge is 2.29. The number of nitrogens with zero attached hydrogens (tertiary/aromatic N) is 4. The monoisotopic (exact) mass is 346 g/mol. The first kappa shape index (κ1) is 17.2. The van der Waals surface area contributed by atoms with Crippen LogP contribution in [-0.4, -0.2) is 65.8 Å². The first-order chi connectivity index (χ1) is 12.0. The van der Waals surface area contributed by atoms with Crippen LogP contribution in [0.25, 0.3) is 0 Å². The first-order valence-corrected chi connectivity index (χ1v) is 8.55. The molecule has 8 nitrogen and oxygen atoms in total. The number of Topliss-reactive ketones (excluding diaryl/α,β-unsaturated/α-hetero) is 1. The summed E-state index contributed by atoms with van der Waals surface area (Å²) >= 11 is 0. The fourth-order valence-electron chi connectivity index (χ4n) is 3.40. The molecular weight excluding hydrogens is 324 g/mol. The molecular formula is C17H22N4O4. The fraction of sp³-hybridized carbons (Fsp3) is 0.529. The number of rotatable bonds is 3. The lowest BCUT2D eigenvalue weighted by Crippen LogP contribution is -2.52. The number of amides is 2. The summed E-state index contributed by atoms with van der Waals surface area (Å²) in [5.74, 6) is -0.198. The van der Waals surface area contributed by atoms with Crippen molar-refractivity contribution in [1.82, 2.24) is 9.80 Å². The van der Waals surface area contributed by atoms with Crippen molar-refractivity contribution in [3.05, 3.63) is 33.9 Å². The minimum absolute atomic E-state index is 0.0629. The summed E-state index contributed by atoms with van der Waals surface area (Å²) in [4.78, 5) is 40.4. The molecule has 2 aliphatic rings. The molecule has 2 fully saturated rings. The number of anilines is 1. The van der Waals surface area contributed by atoms with Gasteiger partial charge in [-0.15, -0.1) is 0 Å². The third-order valence-electron chi connectivity index (χ3n) is 4.85. The number of hydrogen-bond acceptors (Lipinski definition) is 5. The average molecular weight is 346 g/mol. The molecule has 0 aromatic heterocycles. The number of nitro benzene ring substituents is 1. The largest absolute Gasteiger partial charge is 0.362 e. The molecule has 25 heavy (non-hydrogen) atoms. The van der Waals surface area contributed by atoms with Gasteiger partial charge in [0.2, 0.25) is 0 Å². The van der Waals surface area contributed by atoms with Gasteiger partial charge in [-0.05, 0) is 31.9 Å². The third-order valence-corrected chi connectivity index (χ3v) is 4.85. The van der Waals surface area contributed by atoms with Crippen LogP contribution < -0.4 is 4.90 Å². The molecule has 134 valence electrons. The highest BCUT2D eigenvalue weighted by molar-refractivity contribution is 5.95. The molecule has 0 spiro atoms. The summed E-state index contributed by atoms with van der Waals surface area (Å²) in [6.45, 7) is 5.19. The van der Waals surface area contributed by atoms with Crippen LogP contribution >= 0.6 is 0 Å². The van der Waals surface area contributed by atoms with Crippen molar-refractivity contribution in [2.75, 3.05) is 44.2 Å². The zero-order valence-electron chi connectivity index (χ0n) is 14.3. The Morgan fingerprint density at radius 3 is 2.16 bits per heavy atom. The zero-order valence-corrected chi connectivity index (χ0v) is 14.3. The fourth-order valence-corrected chi connectivity index (χ4v) is 3.40. The Labute approximate surface area is 146 Å². The highest BCUT2D eigenvalue weighted by Crippen LogP contribution is 2.30. The number of carbonyl (C=O) groups excluding carboxylic acids is 2. The van der Waals surface area contributed by atoms with E-state index >= 15 is 0 Å². The van der Waals surface area contributed by atoms with Crippen LogP contribution in [0.15, 0.2) is 18.2 Å². The number of piperazine rings is 1. The maximum absolute atomic E-state index is 12.4. The van der Waals surface area contributed by atoms with Crippen LogP contribution in [0.2, 0.25) is 0 Å². The van der Waals surface area contributed by atoms with E-state index in [1.165, 1.54) is 13.0 Å². The Hall–Kier alpha value is -2.64. The second-order valence-corrected chi connectivity index (χ2v) is 6.47. The van der Waals surface area contributed by atoms with Crippen LogP contribution in [0, 0.1) is 10.1 Å². The van der Waals surface area contributed by atoms with Crippen molar-refractivity contribution in [3.8, 4) is 0 Å². The molecule has 0 unspecified atom stereocenters. The van der Waals surface area contributed by atoms with Gasteiger partial charge >= 0.3 is 6.03 Å². The van der Waals surface area contributed by atoms with Crippen molar-refractivity contribution in [3.63, 3.8) is 0 Å². The predicted molar refractivity (Wildman–Crippen MR) is 93.1 cm³/mol. The molecule has 1 aromatic rings. The van der Waals surface area contributed by atoms with Gasteiger partial charge in [0.05, 0.1) is 4.92 Å². The zero-order chi connectivity index (χ0) is 18.0. The first-order valence-electron chi connectivity index (χ1n) is 8.55. The molecule has 8 heteroatoms. The topological polar surface area (TPSA) is 87.0 Å². The summed E-state index contributed by atoms with van der Waals surface area (Å²) in [5.41, 5.74) is 0.772. The number of benzene rings is 1. The Kier molecular flexibility index (Phi) is 4.87. The van der Waals surface area contributed by atoms with E-state index in [1.807, 2.05) is 14.7 Å². The minimum atomic E-state index is -0.455. The molecule has 1 aromatic carbocycles. The lowest BCUT2D eigenvalue weighted by molar-refractivity contribution is -0.384. The van der Waals surface area contributed by atoms with E-state index in [0.717, 1.165) is 25.9 Å². The molecule has 2 saturated heterocycles. The van der Waals surface area contributed by atoms with Gasteiger partial charge in [-0.2, -0.15) is 0 Å². The maximum atomic E-state index is 12.4. The molecule has 0 N–H and O–H groups in total. The lowest BCUT2D eigenvalue weighted by Gasteiger charge is -2.37. The molecule has 0 atom stereocenters. The molecule has 0 aliphatic carbocycles. The number of likely N-dealkylation sites (tertiary alicyclic amines) is 1. The Bertz CT molecular complexity index is 692. The Morgan fingerprint density at radius 1 is 1.00 bits per heavy atom. The quantitative estimate of drug-likeness (QED) is 0.475. The van der Waals surface area contributed by atoms with Crippen LogP contribution in [-0.2, 0) is 0 Å². The van der Waals surface area contributed by atoms with Crippen LogP contribution in [0.1, 0.15) is 30.1 Å². The van der Waals surface area contributed by atoms with E-state index in [1.54, 1.807) is 12.1 Å². The van der Waals surface area contributed by atoms with Gasteiger partial charge in [0.25, 0.3) is 5.69 Å². The normalized spacial score (nSPS) is 17.7. The SMILES string of the molecule is CC(=O)c1ccc(N2CCN(C(=O)N3CCCC3)CC2)c([N+](=O)[O-])c1. The number of nitro groups is 1. The van der Waals surface area contributed by atoms with Crippen molar-refractivity contribution >= 4 is 23.2 Å².